The summed E-state index contributed by atoms with van der Waals surface area (Å²) in [4.78, 5) is 14.0. The van der Waals surface area contributed by atoms with E-state index in [2.05, 4.69) is 10.2 Å². The second kappa shape index (κ2) is 7.10. The molecule has 3 N–H and O–H groups in total. The third-order valence-electron chi connectivity index (χ3n) is 3.39. The van der Waals surface area contributed by atoms with Crippen LogP contribution in [0.3, 0.4) is 0 Å². The standard InChI is InChI=1S/C15H20N2O4/c1-11(17-6-8-21-9-7-17)16-15(20)10-14(19)12-4-2-3-5-13(12)18/h2-5,10-11,18-19H,6-9H2,1H3,(H,16,20)/b14-10+. The molecule has 1 fully saturated rings. The van der Waals surface area contributed by atoms with Crippen molar-refractivity contribution in [2.75, 3.05) is 26.3 Å². The first-order valence-electron chi connectivity index (χ1n) is 6.89. The van der Waals surface area contributed by atoms with Gasteiger partial charge in [0.15, 0.2) is 0 Å². The molecule has 1 aliphatic heterocycles. The van der Waals surface area contributed by atoms with Gasteiger partial charge in [-0.25, -0.2) is 0 Å². The number of rotatable bonds is 4. The smallest absolute Gasteiger partial charge is 0.248 e. The SMILES string of the molecule is CC(NC(=O)/C=C(/O)c1ccccc1O)N1CCOCC1. The molecular formula is C15H20N2O4. The molecule has 2 rings (SSSR count). The molecular weight excluding hydrogens is 272 g/mol. The lowest BCUT2D eigenvalue weighted by Gasteiger charge is -2.32. The average Bonchev–Trinajstić information content (AvgIpc) is 2.48. The number of carbonyl (C=O) groups is 1. The van der Waals surface area contributed by atoms with E-state index in [0.29, 0.717) is 13.2 Å². The molecule has 0 saturated carbocycles. The number of phenolic OH excluding ortho intramolecular Hbond substituents is 1. The molecule has 1 aromatic rings. The lowest BCUT2D eigenvalue weighted by atomic mass is 10.1. The van der Waals surface area contributed by atoms with Gasteiger partial charge in [-0.3, -0.25) is 9.69 Å². The summed E-state index contributed by atoms with van der Waals surface area (Å²) in [5.74, 6) is -0.741. The molecule has 1 aliphatic rings. The Balaban J connectivity index is 1.97. The van der Waals surface area contributed by atoms with E-state index in [-0.39, 0.29) is 23.2 Å². The largest absolute Gasteiger partial charge is 0.507 e. The number of aliphatic hydroxyl groups is 1. The zero-order valence-corrected chi connectivity index (χ0v) is 12.0. The van der Waals surface area contributed by atoms with Crippen LogP contribution in [0, 0.1) is 0 Å². The number of aromatic hydroxyl groups is 1. The second-order valence-electron chi connectivity index (χ2n) is 4.88. The van der Waals surface area contributed by atoms with Gasteiger partial charge in [0.25, 0.3) is 0 Å². The molecule has 6 nitrogen and oxygen atoms in total. The fourth-order valence-electron chi connectivity index (χ4n) is 2.20. The molecule has 0 bridgehead atoms. The van der Waals surface area contributed by atoms with E-state index < -0.39 is 5.91 Å². The van der Waals surface area contributed by atoms with Gasteiger partial charge in [-0.2, -0.15) is 0 Å². The Bertz CT molecular complexity index is 524. The molecule has 0 aliphatic carbocycles. The molecule has 0 aromatic heterocycles. The normalized spacial score (nSPS) is 18.2. The Hall–Kier alpha value is -2.05. The molecule has 1 unspecified atom stereocenters. The van der Waals surface area contributed by atoms with Crippen molar-refractivity contribution in [2.45, 2.75) is 13.1 Å². The number of carbonyl (C=O) groups excluding carboxylic acids is 1. The highest BCUT2D eigenvalue weighted by atomic mass is 16.5. The van der Waals surface area contributed by atoms with Crippen LogP contribution in [0.15, 0.2) is 30.3 Å². The minimum atomic E-state index is -0.408. The van der Waals surface area contributed by atoms with Crippen molar-refractivity contribution in [1.29, 1.82) is 0 Å². The lowest BCUT2D eigenvalue weighted by Crippen LogP contribution is -2.50. The first-order valence-corrected chi connectivity index (χ1v) is 6.89. The lowest BCUT2D eigenvalue weighted by molar-refractivity contribution is -0.118. The molecule has 1 aromatic carbocycles. The number of aliphatic hydroxyl groups excluding tert-OH is 1. The quantitative estimate of drug-likeness (QED) is 0.571. The highest BCUT2D eigenvalue weighted by Crippen LogP contribution is 2.22. The van der Waals surface area contributed by atoms with Crippen molar-refractivity contribution >= 4 is 11.7 Å². The van der Waals surface area contributed by atoms with E-state index in [1.165, 1.54) is 6.07 Å². The maximum absolute atomic E-state index is 11.9. The molecule has 1 atom stereocenters. The molecule has 1 heterocycles. The van der Waals surface area contributed by atoms with Gasteiger partial charge in [-0.1, -0.05) is 12.1 Å². The summed E-state index contributed by atoms with van der Waals surface area (Å²) in [7, 11) is 0. The number of nitrogens with one attached hydrogen (secondary N) is 1. The highest BCUT2D eigenvalue weighted by Gasteiger charge is 2.18. The molecule has 1 amide bonds. The van der Waals surface area contributed by atoms with Crippen molar-refractivity contribution in [3.8, 4) is 5.75 Å². The summed E-state index contributed by atoms with van der Waals surface area (Å²) in [6, 6.07) is 6.31. The zero-order valence-electron chi connectivity index (χ0n) is 12.0. The fourth-order valence-corrected chi connectivity index (χ4v) is 2.20. The van der Waals surface area contributed by atoms with E-state index in [4.69, 9.17) is 4.74 Å². The van der Waals surface area contributed by atoms with Crippen LogP contribution in [0.5, 0.6) is 5.75 Å². The predicted molar refractivity (Wildman–Crippen MR) is 78.7 cm³/mol. The number of amides is 1. The van der Waals surface area contributed by atoms with E-state index in [1.807, 2.05) is 6.92 Å². The van der Waals surface area contributed by atoms with Crippen LogP contribution in [0.4, 0.5) is 0 Å². The van der Waals surface area contributed by atoms with Crippen LogP contribution in [-0.4, -0.2) is 53.5 Å². The summed E-state index contributed by atoms with van der Waals surface area (Å²) in [6.07, 6.45) is 0.932. The molecule has 6 heteroatoms. The van der Waals surface area contributed by atoms with Crippen LogP contribution >= 0.6 is 0 Å². The summed E-state index contributed by atoms with van der Waals surface area (Å²) >= 11 is 0. The monoisotopic (exact) mass is 292 g/mol. The molecule has 1 saturated heterocycles. The van der Waals surface area contributed by atoms with Gasteiger partial charge in [0.1, 0.15) is 11.5 Å². The maximum Gasteiger partial charge on any atom is 0.248 e. The summed E-state index contributed by atoms with van der Waals surface area (Å²) < 4.78 is 5.26. The van der Waals surface area contributed by atoms with Gasteiger partial charge in [0.05, 0.1) is 24.9 Å². The van der Waals surface area contributed by atoms with Gasteiger partial charge < -0.3 is 20.3 Å². The van der Waals surface area contributed by atoms with Gasteiger partial charge in [0, 0.05) is 19.2 Å². The first-order chi connectivity index (χ1) is 10.1. The van der Waals surface area contributed by atoms with E-state index in [9.17, 15) is 15.0 Å². The number of phenols is 1. The van der Waals surface area contributed by atoms with E-state index in [1.54, 1.807) is 18.2 Å². The average molecular weight is 292 g/mol. The number of benzene rings is 1. The number of hydrogen-bond donors (Lipinski definition) is 3. The number of morpholine rings is 1. The van der Waals surface area contributed by atoms with Crippen LogP contribution in [0.2, 0.25) is 0 Å². The summed E-state index contributed by atoms with van der Waals surface area (Å²) in [5.41, 5.74) is 0.228. The Morgan fingerprint density at radius 2 is 2.05 bits per heavy atom. The Morgan fingerprint density at radius 3 is 2.71 bits per heavy atom. The van der Waals surface area contributed by atoms with Crippen LogP contribution in [0.1, 0.15) is 12.5 Å². The Morgan fingerprint density at radius 1 is 1.38 bits per heavy atom. The fraction of sp³-hybridized carbons (Fsp3) is 0.400. The Kier molecular flexibility index (Phi) is 5.19. The third-order valence-corrected chi connectivity index (χ3v) is 3.39. The van der Waals surface area contributed by atoms with Gasteiger partial charge in [0.2, 0.25) is 5.91 Å². The zero-order chi connectivity index (χ0) is 15.2. The highest BCUT2D eigenvalue weighted by molar-refractivity contribution is 5.94. The van der Waals surface area contributed by atoms with Crippen LogP contribution in [-0.2, 0) is 9.53 Å². The number of nitrogens with zero attached hydrogens (tertiary/aromatic N) is 1. The number of hydrogen-bond acceptors (Lipinski definition) is 5. The number of para-hydroxylation sites is 1. The minimum Gasteiger partial charge on any atom is -0.507 e. The van der Waals surface area contributed by atoms with Crippen LogP contribution in [0.25, 0.3) is 5.76 Å². The van der Waals surface area contributed by atoms with Gasteiger partial charge >= 0.3 is 0 Å². The minimum absolute atomic E-state index is 0.0692. The summed E-state index contributed by atoms with van der Waals surface area (Å²) in [6.45, 7) is 4.71. The maximum atomic E-state index is 11.9. The number of ether oxygens (including phenoxy) is 1. The predicted octanol–water partition coefficient (Wildman–Crippen LogP) is 1.09. The van der Waals surface area contributed by atoms with Crippen molar-refractivity contribution in [3.05, 3.63) is 35.9 Å². The Labute approximate surface area is 123 Å². The second-order valence-corrected chi connectivity index (χ2v) is 4.88. The van der Waals surface area contributed by atoms with E-state index >= 15 is 0 Å². The van der Waals surface area contributed by atoms with E-state index in [0.717, 1.165) is 19.2 Å². The molecule has 0 spiro atoms. The molecule has 114 valence electrons. The third kappa shape index (κ3) is 4.21. The molecule has 0 radical (unpaired) electrons. The van der Waals surface area contributed by atoms with Crippen molar-refractivity contribution < 1.29 is 19.7 Å². The van der Waals surface area contributed by atoms with Gasteiger partial charge in [-0.05, 0) is 19.1 Å². The molecule has 21 heavy (non-hydrogen) atoms. The summed E-state index contributed by atoms with van der Waals surface area (Å²) in [5, 5.41) is 22.3. The van der Waals surface area contributed by atoms with Crippen molar-refractivity contribution in [1.82, 2.24) is 10.2 Å². The van der Waals surface area contributed by atoms with Gasteiger partial charge in [-0.15, -0.1) is 0 Å². The first kappa shape index (κ1) is 15.3. The van der Waals surface area contributed by atoms with Crippen LogP contribution < -0.4 is 5.32 Å². The van der Waals surface area contributed by atoms with Crippen molar-refractivity contribution in [3.63, 3.8) is 0 Å². The topological polar surface area (TPSA) is 82.0 Å². The van der Waals surface area contributed by atoms with Crippen molar-refractivity contribution in [2.24, 2.45) is 0 Å².